The van der Waals surface area contributed by atoms with Crippen molar-refractivity contribution in [2.24, 2.45) is 0 Å². The summed E-state index contributed by atoms with van der Waals surface area (Å²) in [7, 11) is 0. The third-order valence-electron chi connectivity index (χ3n) is 4.57. The highest BCUT2D eigenvalue weighted by molar-refractivity contribution is 5.68. The van der Waals surface area contributed by atoms with Crippen molar-refractivity contribution >= 4 is 11.9 Å². The molecule has 0 unspecified atom stereocenters. The number of alkyl halides is 1. The summed E-state index contributed by atoms with van der Waals surface area (Å²) in [4.78, 5) is 22.2. The minimum absolute atomic E-state index is 0.0415. The number of anilines is 1. The average Bonchev–Trinajstić information content (AvgIpc) is 2.65. The molecule has 8 heteroatoms. The van der Waals surface area contributed by atoms with Crippen molar-refractivity contribution < 1.29 is 18.3 Å². The summed E-state index contributed by atoms with van der Waals surface area (Å²) in [6, 6.07) is 5.67. The Kier molecular flexibility index (Phi) is 6.30. The van der Waals surface area contributed by atoms with E-state index in [0.29, 0.717) is 30.9 Å². The van der Waals surface area contributed by atoms with Crippen LogP contribution >= 0.6 is 0 Å². The zero-order valence-corrected chi connectivity index (χ0v) is 16.9. The Morgan fingerprint density at radius 1 is 1.24 bits per heavy atom. The average molecular weight is 404 g/mol. The number of ether oxygens (including phenoxy) is 1. The Bertz CT molecular complexity index is 839. The monoisotopic (exact) mass is 404 g/mol. The van der Waals surface area contributed by atoms with Gasteiger partial charge in [0.25, 0.3) is 0 Å². The lowest BCUT2D eigenvalue weighted by molar-refractivity contribution is 0.0125. The topological polar surface area (TPSA) is 67.3 Å². The van der Waals surface area contributed by atoms with Gasteiger partial charge in [-0.25, -0.2) is 18.6 Å². The summed E-state index contributed by atoms with van der Waals surface area (Å²) in [6.07, 6.45) is 2.21. The zero-order chi connectivity index (χ0) is 21.0. The molecule has 1 aromatic carbocycles. The molecule has 1 aliphatic rings. The lowest BCUT2D eigenvalue weighted by Crippen LogP contribution is -2.51. The molecule has 1 N–H and O–H groups in total. The molecule has 3 rings (SSSR count). The van der Waals surface area contributed by atoms with Crippen molar-refractivity contribution in [2.45, 2.75) is 51.4 Å². The fourth-order valence-electron chi connectivity index (χ4n) is 3.15. The van der Waals surface area contributed by atoms with Crippen LogP contribution in [0.5, 0.6) is 0 Å². The van der Waals surface area contributed by atoms with Crippen LogP contribution in [0.2, 0.25) is 0 Å². The number of carbonyl (C=O) groups excluding carboxylic acids is 1. The molecule has 2 atom stereocenters. The smallest absolute Gasteiger partial charge is 0.410 e. The van der Waals surface area contributed by atoms with E-state index in [-0.39, 0.29) is 12.4 Å². The van der Waals surface area contributed by atoms with Gasteiger partial charge in [-0.1, -0.05) is 12.1 Å². The molecule has 29 heavy (non-hydrogen) atoms. The molecule has 0 bridgehead atoms. The molecule has 0 saturated carbocycles. The fourth-order valence-corrected chi connectivity index (χ4v) is 3.15. The van der Waals surface area contributed by atoms with Crippen molar-refractivity contribution in [2.75, 3.05) is 18.4 Å². The SMILES string of the molecule is CC(C)(C)OC(=O)N1CC[C@@H](Nc2nccnc2Cc2ccc(F)cc2)[C@H](F)C1. The fraction of sp³-hybridized carbons (Fsp3) is 0.476. The number of halogens is 2. The second-order valence-corrected chi connectivity index (χ2v) is 8.14. The first-order chi connectivity index (χ1) is 13.7. The predicted molar refractivity (Wildman–Crippen MR) is 106 cm³/mol. The van der Waals surface area contributed by atoms with Crippen molar-refractivity contribution in [1.29, 1.82) is 0 Å². The number of piperidine rings is 1. The molecule has 2 aromatic rings. The van der Waals surface area contributed by atoms with E-state index in [1.165, 1.54) is 17.0 Å². The van der Waals surface area contributed by atoms with E-state index in [9.17, 15) is 13.6 Å². The maximum Gasteiger partial charge on any atom is 0.410 e. The largest absolute Gasteiger partial charge is 0.444 e. The Morgan fingerprint density at radius 2 is 1.93 bits per heavy atom. The van der Waals surface area contributed by atoms with Gasteiger partial charge in [0.1, 0.15) is 23.4 Å². The first kappa shape index (κ1) is 21.0. The number of hydrogen-bond donors (Lipinski definition) is 1. The van der Waals surface area contributed by atoms with E-state index in [1.54, 1.807) is 45.3 Å². The molecule has 1 amide bonds. The van der Waals surface area contributed by atoms with Crippen LogP contribution in [0.4, 0.5) is 19.4 Å². The maximum absolute atomic E-state index is 14.8. The van der Waals surface area contributed by atoms with Gasteiger partial charge in [-0.05, 0) is 44.9 Å². The summed E-state index contributed by atoms with van der Waals surface area (Å²) in [6.45, 7) is 5.69. The van der Waals surface area contributed by atoms with Gasteiger partial charge in [0.15, 0.2) is 0 Å². The second-order valence-electron chi connectivity index (χ2n) is 8.14. The minimum atomic E-state index is -1.27. The van der Waals surface area contributed by atoms with Crippen LogP contribution in [-0.2, 0) is 11.2 Å². The third kappa shape index (κ3) is 5.85. The molecule has 156 valence electrons. The highest BCUT2D eigenvalue weighted by Crippen LogP contribution is 2.22. The molecular weight excluding hydrogens is 378 g/mol. The molecule has 6 nitrogen and oxygen atoms in total. The Balaban J connectivity index is 1.64. The van der Waals surface area contributed by atoms with E-state index in [1.807, 2.05) is 0 Å². The Hall–Kier alpha value is -2.77. The normalized spacial score (nSPS) is 19.7. The van der Waals surface area contributed by atoms with Gasteiger partial charge in [0.2, 0.25) is 0 Å². The summed E-state index contributed by atoms with van der Waals surface area (Å²) < 4.78 is 33.2. The summed E-state index contributed by atoms with van der Waals surface area (Å²) in [5.74, 6) is 0.193. The molecule has 1 aromatic heterocycles. The molecule has 2 heterocycles. The number of benzene rings is 1. The quantitative estimate of drug-likeness (QED) is 0.835. The van der Waals surface area contributed by atoms with E-state index in [2.05, 4.69) is 15.3 Å². The van der Waals surface area contributed by atoms with Gasteiger partial charge in [0, 0.05) is 25.4 Å². The van der Waals surface area contributed by atoms with Crippen molar-refractivity contribution in [3.8, 4) is 0 Å². The number of aromatic nitrogens is 2. The van der Waals surface area contributed by atoms with Crippen LogP contribution in [0.15, 0.2) is 36.7 Å². The van der Waals surface area contributed by atoms with Crippen LogP contribution < -0.4 is 5.32 Å². The number of hydrogen-bond acceptors (Lipinski definition) is 5. The van der Waals surface area contributed by atoms with Gasteiger partial charge < -0.3 is 15.0 Å². The molecule has 0 radical (unpaired) electrons. The van der Waals surface area contributed by atoms with Gasteiger partial charge in [-0.3, -0.25) is 4.98 Å². The minimum Gasteiger partial charge on any atom is -0.444 e. The van der Waals surface area contributed by atoms with Gasteiger partial charge in [0.05, 0.1) is 18.3 Å². The van der Waals surface area contributed by atoms with Crippen LogP contribution in [0.1, 0.15) is 38.4 Å². The zero-order valence-electron chi connectivity index (χ0n) is 16.9. The first-order valence-electron chi connectivity index (χ1n) is 9.64. The number of nitrogens with zero attached hydrogens (tertiary/aromatic N) is 3. The molecule has 1 fully saturated rings. The van der Waals surface area contributed by atoms with E-state index in [0.717, 1.165) is 5.56 Å². The summed E-state index contributed by atoms with van der Waals surface area (Å²) >= 11 is 0. The first-order valence-corrected chi connectivity index (χ1v) is 9.64. The van der Waals surface area contributed by atoms with E-state index < -0.39 is 23.9 Å². The predicted octanol–water partition coefficient (Wildman–Crippen LogP) is 3.97. The van der Waals surface area contributed by atoms with Crippen LogP contribution in [0.25, 0.3) is 0 Å². The summed E-state index contributed by atoms with van der Waals surface area (Å²) in [5.41, 5.74) is 0.916. The molecule has 0 aliphatic carbocycles. The molecule has 1 aliphatic heterocycles. The number of nitrogens with one attached hydrogen (secondary N) is 1. The second kappa shape index (κ2) is 8.71. The lowest BCUT2D eigenvalue weighted by atomic mass is 10.0. The standard InChI is InChI=1S/C21H26F2N4O2/c1-21(2,3)29-20(28)27-11-8-17(16(23)13-27)26-19-18(24-9-10-25-19)12-14-4-6-15(22)7-5-14/h4-7,9-10,16-17H,8,11-13H2,1-3H3,(H,25,26)/t16-,17-/m1/s1. The summed E-state index contributed by atoms with van der Waals surface area (Å²) in [5, 5.41) is 3.14. The van der Waals surface area contributed by atoms with Crippen LogP contribution in [0.3, 0.4) is 0 Å². The van der Waals surface area contributed by atoms with Crippen molar-refractivity contribution in [3.63, 3.8) is 0 Å². The number of rotatable bonds is 4. The number of carbonyl (C=O) groups is 1. The Morgan fingerprint density at radius 3 is 2.59 bits per heavy atom. The lowest BCUT2D eigenvalue weighted by Gasteiger charge is -2.36. The van der Waals surface area contributed by atoms with Crippen molar-refractivity contribution in [1.82, 2.24) is 14.9 Å². The Labute approximate surface area is 169 Å². The molecule has 1 saturated heterocycles. The number of amides is 1. The van der Waals surface area contributed by atoms with Gasteiger partial charge in [-0.2, -0.15) is 0 Å². The van der Waals surface area contributed by atoms with E-state index in [4.69, 9.17) is 4.74 Å². The van der Waals surface area contributed by atoms with E-state index >= 15 is 0 Å². The van der Waals surface area contributed by atoms with Crippen LogP contribution in [0, 0.1) is 5.82 Å². The molecular formula is C21H26F2N4O2. The highest BCUT2D eigenvalue weighted by Gasteiger charge is 2.34. The third-order valence-corrected chi connectivity index (χ3v) is 4.57. The van der Waals surface area contributed by atoms with Crippen molar-refractivity contribution in [3.05, 3.63) is 53.7 Å². The van der Waals surface area contributed by atoms with Gasteiger partial charge >= 0.3 is 6.09 Å². The van der Waals surface area contributed by atoms with Gasteiger partial charge in [-0.15, -0.1) is 0 Å². The maximum atomic E-state index is 14.8. The molecule has 0 spiro atoms. The number of likely N-dealkylation sites (tertiary alicyclic amines) is 1. The highest BCUT2D eigenvalue weighted by atomic mass is 19.1. The van der Waals surface area contributed by atoms with Crippen LogP contribution in [-0.4, -0.2) is 51.9 Å².